The lowest BCUT2D eigenvalue weighted by Gasteiger charge is -2.14. The molecule has 0 fully saturated rings. The van der Waals surface area contributed by atoms with Crippen molar-refractivity contribution in [1.82, 2.24) is 20.6 Å². The molecule has 0 aliphatic rings. The van der Waals surface area contributed by atoms with Crippen LogP contribution in [0.15, 0.2) is 30.6 Å². The fraction of sp³-hybridized carbons (Fsp3) is 0.450. The molecule has 2 aromatic heterocycles. The Labute approximate surface area is 173 Å². The first-order valence-electron chi connectivity index (χ1n) is 9.73. The van der Waals surface area contributed by atoms with Gasteiger partial charge in [-0.1, -0.05) is 13.0 Å². The van der Waals surface area contributed by atoms with E-state index >= 15 is 0 Å². The van der Waals surface area contributed by atoms with Crippen LogP contribution in [0.2, 0.25) is 0 Å². The lowest BCUT2D eigenvalue weighted by atomic mass is 10.0. The number of nitrogens with one attached hydrogen (secondary N) is 3. The van der Waals surface area contributed by atoms with Gasteiger partial charge in [0.05, 0.1) is 11.3 Å². The number of nitrogens with zero attached hydrogens (tertiary/aromatic N) is 2. The normalized spacial score (nSPS) is 12.4. The van der Waals surface area contributed by atoms with Crippen molar-refractivity contribution in [1.29, 1.82) is 0 Å². The molecule has 1 unspecified atom stereocenters. The largest absolute Gasteiger partial charge is 0.433 e. The highest BCUT2D eigenvalue weighted by Crippen LogP contribution is 2.28. The van der Waals surface area contributed by atoms with Gasteiger partial charge in [0.2, 0.25) is 0 Å². The van der Waals surface area contributed by atoms with Crippen LogP contribution in [0.5, 0.6) is 0 Å². The Kier molecular flexibility index (Phi) is 8.40. The Morgan fingerprint density at radius 1 is 1.20 bits per heavy atom. The number of carbonyl (C=O) groups excluding carboxylic acids is 1. The monoisotopic (exact) mass is 424 g/mol. The van der Waals surface area contributed by atoms with Crippen LogP contribution in [0.1, 0.15) is 47.8 Å². The second-order valence-electron chi connectivity index (χ2n) is 6.88. The number of nitrogen functional groups attached to an aromatic ring is 1. The first-order chi connectivity index (χ1) is 14.2. The molecule has 7 nitrogen and oxygen atoms in total. The lowest BCUT2D eigenvalue weighted by Crippen LogP contribution is -2.24. The highest BCUT2D eigenvalue weighted by atomic mass is 19.4. The van der Waals surface area contributed by atoms with Crippen molar-refractivity contribution in [2.24, 2.45) is 0 Å². The van der Waals surface area contributed by atoms with Gasteiger partial charge in [-0.05, 0) is 43.5 Å². The summed E-state index contributed by atoms with van der Waals surface area (Å²) in [6.45, 7) is 6.23. The van der Waals surface area contributed by atoms with Gasteiger partial charge in [-0.15, -0.1) is 0 Å². The fourth-order valence-corrected chi connectivity index (χ4v) is 2.74. The Balaban J connectivity index is 1.73. The summed E-state index contributed by atoms with van der Waals surface area (Å²) in [5, 5.41) is 9.15. The van der Waals surface area contributed by atoms with Gasteiger partial charge >= 0.3 is 6.18 Å². The predicted molar refractivity (Wildman–Crippen MR) is 110 cm³/mol. The topological polar surface area (TPSA) is 105 Å². The quantitative estimate of drug-likeness (QED) is 0.437. The molecule has 1 atom stereocenters. The number of amides is 1. The summed E-state index contributed by atoms with van der Waals surface area (Å²) in [5.41, 5.74) is 6.74. The number of hydrogen-bond acceptors (Lipinski definition) is 6. The number of alkyl halides is 3. The van der Waals surface area contributed by atoms with Crippen LogP contribution in [0, 0.1) is 0 Å². The standard InChI is InChI=1S/C20H27F3N6O/c1-3-26-19(30)15-9-16(18(24)29-12-15)27-8-4-7-25-10-13(2)14-5-6-17(28-11-14)20(21,22)23/h5-6,9,11-13,25,27H,3-4,7-8,10H2,1-2H3,(H2,24,29)(H,26,30). The molecule has 164 valence electrons. The first-order valence-corrected chi connectivity index (χ1v) is 9.73. The third-order valence-electron chi connectivity index (χ3n) is 4.46. The van der Waals surface area contributed by atoms with Gasteiger partial charge in [-0.25, -0.2) is 4.98 Å². The minimum absolute atomic E-state index is 0.0290. The molecule has 0 aliphatic heterocycles. The van der Waals surface area contributed by atoms with E-state index in [0.29, 0.717) is 43.2 Å². The second-order valence-corrected chi connectivity index (χ2v) is 6.88. The molecule has 2 aromatic rings. The molecular formula is C20H27F3N6O. The van der Waals surface area contributed by atoms with Crippen LogP contribution >= 0.6 is 0 Å². The molecule has 0 saturated carbocycles. The van der Waals surface area contributed by atoms with E-state index in [4.69, 9.17) is 5.73 Å². The van der Waals surface area contributed by atoms with E-state index in [1.807, 2.05) is 13.8 Å². The molecule has 2 rings (SSSR count). The zero-order valence-corrected chi connectivity index (χ0v) is 17.0. The molecule has 30 heavy (non-hydrogen) atoms. The van der Waals surface area contributed by atoms with E-state index in [-0.39, 0.29) is 11.8 Å². The molecular weight excluding hydrogens is 397 g/mol. The zero-order valence-electron chi connectivity index (χ0n) is 17.0. The Morgan fingerprint density at radius 2 is 1.97 bits per heavy atom. The van der Waals surface area contributed by atoms with E-state index in [9.17, 15) is 18.0 Å². The van der Waals surface area contributed by atoms with Crippen molar-refractivity contribution in [2.75, 3.05) is 37.2 Å². The molecule has 0 aromatic carbocycles. The van der Waals surface area contributed by atoms with Gasteiger partial charge in [0.1, 0.15) is 11.5 Å². The maximum absolute atomic E-state index is 12.6. The van der Waals surface area contributed by atoms with Crippen LogP contribution < -0.4 is 21.7 Å². The van der Waals surface area contributed by atoms with E-state index < -0.39 is 11.9 Å². The maximum atomic E-state index is 12.6. The lowest BCUT2D eigenvalue weighted by molar-refractivity contribution is -0.141. The average Bonchev–Trinajstić information content (AvgIpc) is 2.71. The zero-order chi connectivity index (χ0) is 22.1. The molecule has 0 saturated heterocycles. The van der Waals surface area contributed by atoms with Crippen molar-refractivity contribution in [2.45, 2.75) is 32.4 Å². The van der Waals surface area contributed by atoms with Gasteiger partial charge in [-0.3, -0.25) is 9.78 Å². The highest BCUT2D eigenvalue weighted by molar-refractivity contribution is 5.95. The van der Waals surface area contributed by atoms with Crippen molar-refractivity contribution in [3.8, 4) is 0 Å². The highest BCUT2D eigenvalue weighted by Gasteiger charge is 2.32. The molecule has 0 bridgehead atoms. The van der Waals surface area contributed by atoms with E-state index in [1.54, 1.807) is 6.07 Å². The van der Waals surface area contributed by atoms with E-state index in [2.05, 4.69) is 25.9 Å². The second kappa shape index (κ2) is 10.8. The van der Waals surface area contributed by atoms with E-state index in [1.165, 1.54) is 18.5 Å². The number of nitrogens with two attached hydrogens (primary N) is 1. The molecule has 10 heteroatoms. The SMILES string of the molecule is CCNC(=O)c1cnc(N)c(NCCCNCC(C)c2ccc(C(F)(F)F)nc2)c1. The van der Waals surface area contributed by atoms with Crippen LogP contribution in [0.3, 0.4) is 0 Å². The molecule has 0 radical (unpaired) electrons. The van der Waals surface area contributed by atoms with Crippen molar-refractivity contribution < 1.29 is 18.0 Å². The Bertz CT molecular complexity index is 826. The van der Waals surface area contributed by atoms with Crippen LogP contribution in [-0.4, -0.2) is 42.1 Å². The van der Waals surface area contributed by atoms with Gasteiger partial charge in [0.25, 0.3) is 5.91 Å². The Morgan fingerprint density at radius 3 is 2.60 bits per heavy atom. The molecule has 0 aliphatic carbocycles. The number of carbonyl (C=O) groups is 1. The predicted octanol–water partition coefficient (Wildman–Crippen LogP) is 3.02. The number of anilines is 2. The van der Waals surface area contributed by atoms with Crippen LogP contribution in [-0.2, 0) is 6.18 Å². The summed E-state index contributed by atoms with van der Waals surface area (Å²) in [7, 11) is 0. The number of halogens is 3. The minimum Gasteiger partial charge on any atom is -0.382 e. The number of pyridine rings is 2. The summed E-state index contributed by atoms with van der Waals surface area (Å²) >= 11 is 0. The van der Waals surface area contributed by atoms with Crippen molar-refractivity contribution in [3.63, 3.8) is 0 Å². The van der Waals surface area contributed by atoms with E-state index in [0.717, 1.165) is 18.1 Å². The number of aromatic nitrogens is 2. The summed E-state index contributed by atoms with van der Waals surface area (Å²) in [5.74, 6) is 0.141. The van der Waals surface area contributed by atoms with Gasteiger partial charge in [0, 0.05) is 32.0 Å². The smallest absolute Gasteiger partial charge is 0.382 e. The third kappa shape index (κ3) is 6.87. The van der Waals surface area contributed by atoms with Gasteiger partial charge < -0.3 is 21.7 Å². The van der Waals surface area contributed by atoms with Crippen LogP contribution in [0.4, 0.5) is 24.7 Å². The first kappa shape index (κ1) is 23.4. The summed E-state index contributed by atoms with van der Waals surface area (Å²) < 4.78 is 37.7. The summed E-state index contributed by atoms with van der Waals surface area (Å²) in [4.78, 5) is 19.4. The van der Waals surface area contributed by atoms with Gasteiger partial charge in [-0.2, -0.15) is 13.2 Å². The fourth-order valence-electron chi connectivity index (χ4n) is 2.74. The van der Waals surface area contributed by atoms with Crippen LogP contribution in [0.25, 0.3) is 0 Å². The average molecular weight is 424 g/mol. The summed E-state index contributed by atoms with van der Waals surface area (Å²) in [6, 6.07) is 4.13. The molecule has 5 N–H and O–H groups in total. The maximum Gasteiger partial charge on any atom is 0.433 e. The molecule has 0 spiro atoms. The number of rotatable bonds is 10. The minimum atomic E-state index is -4.43. The van der Waals surface area contributed by atoms with Crippen molar-refractivity contribution >= 4 is 17.4 Å². The molecule has 1 amide bonds. The molecule has 2 heterocycles. The Hall–Kier alpha value is -2.88. The number of hydrogen-bond donors (Lipinski definition) is 4. The van der Waals surface area contributed by atoms with Crippen molar-refractivity contribution in [3.05, 3.63) is 47.4 Å². The summed E-state index contributed by atoms with van der Waals surface area (Å²) in [6.07, 6.45) is -0.938. The third-order valence-corrected chi connectivity index (χ3v) is 4.46. The van der Waals surface area contributed by atoms with Gasteiger partial charge in [0.15, 0.2) is 0 Å².